The van der Waals surface area contributed by atoms with Crippen LogP contribution in [0.25, 0.3) is 0 Å². The number of nitrogens with one attached hydrogen (secondary N) is 2. The maximum Gasteiger partial charge on any atom is 0.253 e. The molecule has 0 fully saturated rings. The van der Waals surface area contributed by atoms with Crippen molar-refractivity contribution in [3.8, 4) is 0 Å². The number of imidazole rings is 1. The number of hydrogen-bond acceptors (Lipinski definition) is 3. The minimum absolute atomic E-state index is 0.146. The van der Waals surface area contributed by atoms with Crippen LogP contribution in [0.1, 0.15) is 21.7 Å². The van der Waals surface area contributed by atoms with Crippen LogP contribution in [0.4, 0.5) is 0 Å². The Morgan fingerprint density at radius 3 is 3.06 bits per heavy atom. The van der Waals surface area contributed by atoms with Gasteiger partial charge in [0.05, 0.1) is 12.1 Å². The van der Waals surface area contributed by atoms with Gasteiger partial charge in [-0.25, -0.2) is 4.98 Å². The summed E-state index contributed by atoms with van der Waals surface area (Å²) in [6.45, 7) is 2.29. The predicted octanol–water partition coefficient (Wildman–Crippen LogP) is 1.04. The minimum atomic E-state index is -0.146. The van der Waals surface area contributed by atoms with Gasteiger partial charge in [-0.15, -0.1) is 0 Å². The number of pyridine rings is 1. The number of amides is 1. The van der Waals surface area contributed by atoms with E-state index in [1.54, 1.807) is 30.9 Å². The molecule has 5 heteroatoms. The fourth-order valence-corrected chi connectivity index (χ4v) is 1.34. The first-order chi connectivity index (χ1) is 7.75. The summed E-state index contributed by atoms with van der Waals surface area (Å²) < 4.78 is 0. The van der Waals surface area contributed by atoms with E-state index in [1.807, 2.05) is 6.92 Å². The standard InChI is InChI=1S/C11H12N4O/c1-8-4-9(6-12-5-8)11(16)15-7-10-13-2-3-14-10/h2-6H,7H2,1H3,(H,13,14)(H,15,16). The highest BCUT2D eigenvalue weighted by atomic mass is 16.1. The van der Waals surface area contributed by atoms with Crippen molar-refractivity contribution in [1.82, 2.24) is 20.3 Å². The summed E-state index contributed by atoms with van der Waals surface area (Å²) in [4.78, 5) is 22.6. The third-order valence-corrected chi connectivity index (χ3v) is 2.11. The zero-order valence-electron chi connectivity index (χ0n) is 8.90. The van der Waals surface area contributed by atoms with Gasteiger partial charge in [0, 0.05) is 24.8 Å². The van der Waals surface area contributed by atoms with Crippen LogP contribution in [0.2, 0.25) is 0 Å². The van der Waals surface area contributed by atoms with Crippen molar-refractivity contribution in [1.29, 1.82) is 0 Å². The predicted molar refractivity (Wildman–Crippen MR) is 58.7 cm³/mol. The molecule has 0 spiro atoms. The van der Waals surface area contributed by atoms with E-state index in [9.17, 15) is 4.79 Å². The van der Waals surface area contributed by atoms with Crippen molar-refractivity contribution < 1.29 is 4.79 Å². The number of nitrogens with zero attached hydrogens (tertiary/aromatic N) is 2. The van der Waals surface area contributed by atoms with Crippen molar-refractivity contribution in [3.05, 3.63) is 47.8 Å². The number of rotatable bonds is 3. The highest BCUT2D eigenvalue weighted by molar-refractivity contribution is 5.93. The van der Waals surface area contributed by atoms with E-state index < -0.39 is 0 Å². The van der Waals surface area contributed by atoms with E-state index in [-0.39, 0.29) is 5.91 Å². The number of aromatic nitrogens is 3. The van der Waals surface area contributed by atoms with Gasteiger partial charge >= 0.3 is 0 Å². The topological polar surface area (TPSA) is 70.7 Å². The van der Waals surface area contributed by atoms with Crippen LogP contribution in [0.15, 0.2) is 30.9 Å². The van der Waals surface area contributed by atoms with Crippen LogP contribution in [0, 0.1) is 6.92 Å². The average Bonchev–Trinajstić information content (AvgIpc) is 2.78. The summed E-state index contributed by atoms with van der Waals surface area (Å²) in [6, 6.07) is 1.80. The molecule has 2 heterocycles. The first-order valence-corrected chi connectivity index (χ1v) is 4.94. The first kappa shape index (κ1) is 10.4. The van der Waals surface area contributed by atoms with Crippen LogP contribution in [0.3, 0.4) is 0 Å². The summed E-state index contributed by atoms with van der Waals surface area (Å²) in [7, 11) is 0. The van der Waals surface area contributed by atoms with Crippen molar-refractivity contribution in [2.75, 3.05) is 0 Å². The molecule has 0 atom stereocenters. The number of carbonyl (C=O) groups is 1. The number of hydrogen-bond donors (Lipinski definition) is 2. The van der Waals surface area contributed by atoms with Crippen molar-refractivity contribution in [3.63, 3.8) is 0 Å². The van der Waals surface area contributed by atoms with Gasteiger partial charge in [0.1, 0.15) is 5.82 Å². The first-order valence-electron chi connectivity index (χ1n) is 4.94. The lowest BCUT2D eigenvalue weighted by Crippen LogP contribution is -2.23. The highest BCUT2D eigenvalue weighted by Gasteiger charge is 2.05. The van der Waals surface area contributed by atoms with E-state index in [4.69, 9.17) is 0 Å². The molecule has 0 radical (unpaired) electrons. The second-order valence-electron chi connectivity index (χ2n) is 3.47. The summed E-state index contributed by atoms with van der Waals surface area (Å²) in [5, 5.41) is 2.76. The van der Waals surface area contributed by atoms with Gasteiger partial charge in [-0.05, 0) is 18.6 Å². The SMILES string of the molecule is Cc1cncc(C(=O)NCc2ncc[nH]2)c1. The summed E-state index contributed by atoms with van der Waals surface area (Å²) in [5.41, 5.74) is 1.53. The van der Waals surface area contributed by atoms with E-state index in [1.165, 1.54) is 0 Å². The third-order valence-electron chi connectivity index (χ3n) is 2.11. The third kappa shape index (κ3) is 2.44. The molecule has 2 N–H and O–H groups in total. The van der Waals surface area contributed by atoms with Crippen molar-refractivity contribution in [2.45, 2.75) is 13.5 Å². The van der Waals surface area contributed by atoms with E-state index >= 15 is 0 Å². The number of carbonyl (C=O) groups excluding carboxylic acids is 1. The van der Waals surface area contributed by atoms with E-state index in [2.05, 4.69) is 20.3 Å². The highest BCUT2D eigenvalue weighted by Crippen LogP contribution is 2.01. The fourth-order valence-electron chi connectivity index (χ4n) is 1.34. The summed E-state index contributed by atoms with van der Waals surface area (Å²) >= 11 is 0. The van der Waals surface area contributed by atoms with Crippen molar-refractivity contribution in [2.24, 2.45) is 0 Å². The Bertz CT molecular complexity index is 478. The molecule has 2 aromatic rings. The molecular weight excluding hydrogens is 204 g/mol. The molecule has 0 aliphatic heterocycles. The molecule has 0 aliphatic rings. The lowest BCUT2D eigenvalue weighted by molar-refractivity contribution is 0.0949. The van der Waals surface area contributed by atoms with Gasteiger partial charge in [-0.1, -0.05) is 0 Å². The molecule has 0 saturated carbocycles. The van der Waals surface area contributed by atoms with E-state index in [0.717, 1.165) is 11.4 Å². The number of aryl methyl sites for hydroxylation is 1. The van der Waals surface area contributed by atoms with Crippen LogP contribution >= 0.6 is 0 Å². The molecule has 0 unspecified atom stereocenters. The zero-order valence-corrected chi connectivity index (χ0v) is 8.90. The Hall–Kier alpha value is -2.17. The molecule has 0 bridgehead atoms. The molecule has 0 aliphatic carbocycles. The minimum Gasteiger partial charge on any atom is -0.347 e. The molecular formula is C11H12N4O. The van der Waals surface area contributed by atoms with Gasteiger partial charge < -0.3 is 10.3 Å². The smallest absolute Gasteiger partial charge is 0.253 e. The van der Waals surface area contributed by atoms with Gasteiger partial charge in [0.2, 0.25) is 0 Å². The number of H-pyrrole nitrogens is 1. The molecule has 2 rings (SSSR count). The Kier molecular flexibility index (Phi) is 2.95. The lowest BCUT2D eigenvalue weighted by Gasteiger charge is -2.03. The van der Waals surface area contributed by atoms with Crippen LogP contribution in [-0.4, -0.2) is 20.9 Å². The maximum absolute atomic E-state index is 11.7. The summed E-state index contributed by atoms with van der Waals surface area (Å²) in [6.07, 6.45) is 6.62. The second-order valence-corrected chi connectivity index (χ2v) is 3.47. The lowest BCUT2D eigenvalue weighted by atomic mass is 10.2. The van der Waals surface area contributed by atoms with Crippen LogP contribution in [0.5, 0.6) is 0 Å². The van der Waals surface area contributed by atoms with E-state index in [0.29, 0.717) is 12.1 Å². The quantitative estimate of drug-likeness (QED) is 0.805. The van der Waals surface area contributed by atoms with Gasteiger partial charge in [0.15, 0.2) is 0 Å². The Morgan fingerprint density at radius 1 is 1.50 bits per heavy atom. The normalized spacial score (nSPS) is 10.1. The van der Waals surface area contributed by atoms with Crippen LogP contribution < -0.4 is 5.32 Å². The molecule has 2 aromatic heterocycles. The average molecular weight is 216 g/mol. The number of aromatic amines is 1. The molecule has 0 saturated heterocycles. The molecule has 82 valence electrons. The second kappa shape index (κ2) is 4.57. The Balaban J connectivity index is 1.98. The van der Waals surface area contributed by atoms with Crippen LogP contribution in [-0.2, 0) is 6.54 Å². The van der Waals surface area contributed by atoms with Gasteiger partial charge in [0.25, 0.3) is 5.91 Å². The monoisotopic (exact) mass is 216 g/mol. The summed E-state index contributed by atoms with van der Waals surface area (Å²) in [5.74, 6) is 0.585. The zero-order chi connectivity index (χ0) is 11.4. The largest absolute Gasteiger partial charge is 0.347 e. The molecule has 1 amide bonds. The molecule has 0 aromatic carbocycles. The maximum atomic E-state index is 11.7. The molecule has 5 nitrogen and oxygen atoms in total. The Labute approximate surface area is 92.9 Å². The Morgan fingerprint density at radius 2 is 2.38 bits per heavy atom. The fraction of sp³-hybridized carbons (Fsp3) is 0.182. The van der Waals surface area contributed by atoms with Gasteiger partial charge in [-0.2, -0.15) is 0 Å². The van der Waals surface area contributed by atoms with Crippen molar-refractivity contribution >= 4 is 5.91 Å². The molecule has 16 heavy (non-hydrogen) atoms. The van der Waals surface area contributed by atoms with Gasteiger partial charge in [-0.3, -0.25) is 9.78 Å².